The highest BCUT2D eigenvalue weighted by Crippen LogP contribution is 2.53. The Labute approximate surface area is 118 Å². The lowest BCUT2D eigenvalue weighted by molar-refractivity contribution is -0.143. The zero-order valence-corrected chi connectivity index (χ0v) is 11.6. The summed E-state index contributed by atoms with van der Waals surface area (Å²) in [6.07, 6.45) is 5.55. The fourth-order valence-corrected chi connectivity index (χ4v) is 5.49. The Bertz CT molecular complexity index is 486. The van der Waals surface area contributed by atoms with Gasteiger partial charge in [0, 0.05) is 37.1 Å². The van der Waals surface area contributed by atoms with E-state index in [0.29, 0.717) is 48.6 Å². The molecule has 108 valence electrons. The predicted molar refractivity (Wildman–Crippen MR) is 71.7 cm³/mol. The number of ketones is 2. The number of amides is 1. The molecule has 1 saturated heterocycles. The van der Waals surface area contributed by atoms with Gasteiger partial charge in [-0.15, -0.1) is 0 Å². The molecule has 1 amide bonds. The van der Waals surface area contributed by atoms with Crippen LogP contribution in [0, 0.1) is 29.6 Å². The number of hydrogen-bond donors (Lipinski definition) is 1. The first-order valence-electron chi connectivity index (χ1n) is 8.00. The summed E-state index contributed by atoms with van der Waals surface area (Å²) in [5.74, 6) is 2.09. The van der Waals surface area contributed by atoms with Crippen molar-refractivity contribution in [2.75, 3.05) is 0 Å². The van der Waals surface area contributed by atoms with E-state index in [1.165, 1.54) is 0 Å². The molecule has 6 atom stereocenters. The van der Waals surface area contributed by atoms with Crippen molar-refractivity contribution in [3.63, 3.8) is 0 Å². The summed E-state index contributed by atoms with van der Waals surface area (Å²) in [5, 5.41) is 3.08. The summed E-state index contributed by atoms with van der Waals surface area (Å²) in [4.78, 5) is 36.1. The Hall–Kier alpha value is -1.19. The van der Waals surface area contributed by atoms with Crippen molar-refractivity contribution in [1.29, 1.82) is 0 Å². The molecular weight excluding hydrogens is 254 g/mol. The van der Waals surface area contributed by atoms with E-state index in [1.807, 2.05) is 0 Å². The fraction of sp³-hybridized carbons (Fsp3) is 0.812. The first kappa shape index (κ1) is 12.5. The second-order valence-corrected chi connectivity index (χ2v) is 7.09. The largest absolute Gasteiger partial charge is 0.353 e. The highest BCUT2D eigenvalue weighted by atomic mass is 16.2. The maximum atomic E-state index is 12.6. The summed E-state index contributed by atoms with van der Waals surface area (Å²) >= 11 is 0. The first-order chi connectivity index (χ1) is 9.65. The lowest BCUT2D eigenvalue weighted by atomic mass is 9.56. The van der Waals surface area contributed by atoms with Gasteiger partial charge in [0.15, 0.2) is 0 Å². The summed E-state index contributed by atoms with van der Waals surface area (Å²) in [6.45, 7) is 0. The standard InChI is InChI=1S/C16H21NO3/c18-13-5-2-8-9-1-4-12-10(3-6-15(20)17-12)16(9)14(19)7-11(8)13/h8-12,16H,1-7H2,(H,17,20). The number of piperidine rings is 1. The van der Waals surface area contributed by atoms with Gasteiger partial charge < -0.3 is 5.32 Å². The SMILES string of the molecule is O=C1CCC2C(CCC3C4CCC(=O)C4CC(=O)C23)N1. The molecule has 4 nitrogen and oxygen atoms in total. The topological polar surface area (TPSA) is 63.2 Å². The summed E-state index contributed by atoms with van der Waals surface area (Å²) in [6, 6.07) is 0.204. The molecule has 1 heterocycles. The van der Waals surface area contributed by atoms with Crippen LogP contribution in [0.1, 0.15) is 44.9 Å². The second kappa shape index (κ2) is 4.40. The zero-order chi connectivity index (χ0) is 13.9. The molecule has 0 aromatic carbocycles. The van der Waals surface area contributed by atoms with Crippen molar-refractivity contribution in [3.05, 3.63) is 0 Å². The molecule has 6 unspecified atom stereocenters. The van der Waals surface area contributed by atoms with E-state index in [1.54, 1.807) is 0 Å². The minimum Gasteiger partial charge on any atom is -0.353 e. The fourth-order valence-electron chi connectivity index (χ4n) is 5.49. The van der Waals surface area contributed by atoms with Gasteiger partial charge in [0.2, 0.25) is 5.91 Å². The third-order valence-electron chi connectivity index (χ3n) is 6.30. The highest BCUT2D eigenvalue weighted by Gasteiger charge is 2.54. The van der Waals surface area contributed by atoms with Gasteiger partial charge in [-0.3, -0.25) is 14.4 Å². The number of carbonyl (C=O) groups excluding carboxylic acids is 3. The van der Waals surface area contributed by atoms with Gasteiger partial charge in [0.05, 0.1) is 0 Å². The van der Waals surface area contributed by atoms with Crippen LogP contribution in [0.15, 0.2) is 0 Å². The molecular formula is C16H21NO3. The van der Waals surface area contributed by atoms with Crippen molar-refractivity contribution in [2.45, 2.75) is 51.0 Å². The van der Waals surface area contributed by atoms with Crippen LogP contribution in [-0.2, 0) is 14.4 Å². The van der Waals surface area contributed by atoms with Gasteiger partial charge in [-0.2, -0.15) is 0 Å². The average molecular weight is 275 g/mol. The summed E-state index contributed by atoms with van der Waals surface area (Å²) in [5.41, 5.74) is 0. The molecule has 4 rings (SSSR count). The molecule has 1 N–H and O–H groups in total. The second-order valence-electron chi connectivity index (χ2n) is 7.09. The smallest absolute Gasteiger partial charge is 0.220 e. The van der Waals surface area contributed by atoms with Crippen molar-refractivity contribution >= 4 is 17.5 Å². The highest BCUT2D eigenvalue weighted by molar-refractivity contribution is 5.92. The van der Waals surface area contributed by atoms with E-state index in [4.69, 9.17) is 0 Å². The molecule has 4 aliphatic rings. The van der Waals surface area contributed by atoms with Crippen LogP contribution in [0.4, 0.5) is 0 Å². The third kappa shape index (κ3) is 1.69. The van der Waals surface area contributed by atoms with E-state index in [2.05, 4.69) is 5.32 Å². The molecule has 3 saturated carbocycles. The Kier molecular flexibility index (Phi) is 2.76. The predicted octanol–water partition coefficient (Wildman–Crippen LogP) is 1.48. The third-order valence-corrected chi connectivity index (χ3v) is 6.30. The lowest BCUT2D eigenvalue weighted by Crippen LogP contribution is -2.56. The lowest BCUT2D eigenvalue weighted by Gasteiger charge is -2.50. The minimum atomic E-state index is 0.0264. The van der Waals surface area contributed by atoms with Crippen LogP contribution in [-0.4, -0.2) is 23.5 Å². The van der Waals surface area contributed by atoms with E-state index < -0.39 is 0 Å². The van der Waals surface area contributed by atoms with Crippen molar-refractivity contribution < 1.29 is 14.4 Å². The molecule has 3 aliphatic carbocycles. The van der Waals surface area contributed by atoms with Gasteiger partial charge in [-0.1, -0.05) is 0 Å². The Morgan fingerprint density at radius 2 is 1.60 bits per heavy atom. The van der Waals surface area contributed by atoms with Crippen LogP contribution in [0.3, 0.4) is 0 Å². The monoisotopic (exact) mass is 275 g/mol. The quantitative estimate of drug-likeness (QED) is 0.728. The molecule has 4 fully saturated rings. The minimum absolute atomic E-state index is 0.0264. The maximum absolute atomic E-state index is 12.6. The Morgan fingerprint density at radius 1 is 0.800 bits per heavy atom. The number of carbonyl (C=O) groups is 3. The Morgan fingerprint density at radius 3 is 2.45 bits per heavy atom. The summed E-state index contributed by atoms with van der Waals surface area (Å²) in [7, 11) is 0. The van der Waals surface area contributed by atoms with E-state index in [9.17, 15) is 14.4 Å². The van der Waals surface area contributed by atoms with E-state index in [-0.39, 0.29) is 23.8 Å². The van der Waals surface area contributed by atoms with Gasteiger partial charge >= 0.3 is 0 Å². The van der Waals surface area contributed by atoms with Gasteiger partial charge in [0.25, 0.3) is 0 Å². The van der Waals surface area contributed by atoms with E-state index >= 15 is 0 Å². The van der Waals surface area contributed by atoms with Crippen LogP contribution in [0.5, 0.6) is 0 Å². The van der Waals surface area contributed by atoms with E-state index in [0.717, 1.165) is 25.7 Å². The number of Topliss-reactive ketones (excluding diaryl/α,β-unsaturated/α-hetero) is 2. The van der Waals surface area contributed by atoms with Crippen molar-refractivity contribution in [1.82, 2.24) is 5.32 Å². The van der Waals surface area contributed by atoms with Crippen LogP contribution >= 0.6 is 0 Å². The molecule has 0 radical (unpaired) electrons. The van der Waals surface area contributed by atoms with Crippen LogP contribution < -0.4 is 5.32 Å². The number of rotatable bonds is 0. The normalized spacial score (nSPS) is 47.3. The van der Waals surface area contributed by atoms with Gasteiger partial charge in [0.1, 0.15) is 11.6 Å². The molecule has 1 aliphatic heterocycles. The first-order valence-corrected chi connectivity index (χ1v) is 8.00. The van der Waals surface area contributed by atoms with Crippen LogP contribution in [0.25, 0.3) is 0 Å². The average Bonchev–Trinajstić information content (AvgIpc) is 2.80. The molecule has 0 spiro atoms. The number of hydrogen-bond acceptors (Lipinski definition) is 3. The molecule has 0 aromatic rings. The summed E-state index contributed by atoms with van der Waals surface area (Å²) < 4.78 is 0. The number of nitrogens with one attached hydrogen (secondary N) is 1. The van der Waals surface area contributed by atoms with Gasteiger partial charge in [-0.25, -0.2) is 0 Å². The zero-order valence-electron chi connectivity index (χ0n) is 11.6. The molecule has 0 bridgehead atoms. The molecule has 20 heavy (non-hydrogen) atoms. The van der Waals surface area contributed by atoms with Crippen molar-refractivity contribution in [3.8, 4) is 0 Å². The molecule has 0 aromatic heterocycles. The molecule has 4 heteroatoms. The maximum Gasteiger partial charge on any atom is 0.220 e. The van der Waals surface area contributed by atoms with Gasteiger partial charge in [-0.05, 0) is 43.4 Å². The number of fused-ring (bicyclic) bond motifs is 5. The van der Waals surface area contributed by atoms with Crippen LogP contribution in [0.2, 0.25) is 0 Å². The van der Waals surface area contributed by atoms with Crippen molar-refractivity contribution in [2.24, 2.45) is 29.6 Å². The Balaban J connectivity index is 1.63.